The van der Waals surface area contributed by atoms with Crippen LogP contribution in [0.3, 0.4) is 0 Å². The van der Waals surface area contributed by atoms with E-state index in [0.717, 1.165) is 0 Å². The Kier molecular flexibility index (Phi) is 6.43. The van der Waals surface area contributed by atoms with Gasteiger partial charge in [0.15, 0.2) is 5.78 Å². The summed E-state index contributed by atoms with van der Waals surface area (Å²) in [5.74, 6) is -0.683. The number of carbonyl (C=O) groups excluding carboxylic acids is 1. The summed E-state index contributed by atoms with van der Waals surface area (Å²) in [4.78, 5) is 16.4. The van der Waals surface area contributed by atoms with E-state index in [2.05, 4.69) is 21.5 Å². The van der Waals surface area contributed by atoms with Gasteiger partial charge in [0.2, 0.25) is 5.95 Å². The fourth-order valence-corrected chi connectivity index (χ4v) is 4.60. The van der Waals surface area contributed by atoms with Crippen LogP contribution in [0.5, 0.6) is 0 Å². The monoisotopic (exact) mass is 492 g/mol. The van der Waals surface area contributed by atoms with E-state index in [9.17, 15) is 31.6 Å². The highest BCUT2D eigenvalue weighted by molar-refractivity contribution is 7.90. The fraction of sp³-hybridized carbons (Fsp3) is 0.556. The van der Waals surface area contributed by atoms with Crippen molar-refractivity contribution < 1.29 is 26.4 Å². The van der Waals surface area contributed by atoms with E-state index in [1.807, 2.05) is 20.8 Å². The minimum Gasteiger partial charge on any atom is -0.343 e. The number of fused-ring (bicyclic) bond motifs is 1. The molecule has 1 unspecified atom stereocenters. The van der Waals surface area contributed by atoms with Gasteiger partial charge in [0, 0.05) is 12.5 Å². The third kappa shape index (κ3) is 4.14. The number of rotatable bonds is 5. The molecule has 14 heteroatoms. The molecule has 1 aliphatic heterocycles. The van der Waals surface area contributed by atoms with Crippen LogP contribution in [-0.4, -0.2) is 57.7 Å². The summed E-state index contributed by atoms with van der Waals surface area (Å²) >= 11 is 6.32. The Morgan fingerprint density at radius 2 is 2.00 bits per heavy atom. The Hall–Kier alpha value is -2.43. The van der Waals surface area contributed by atoms with Gasteiger partial charge in [-0.2, -0.15) is 22.7 Å². The molecule has 0 saturated carbocycles. The number of hydrogen-bond donors (Lipinski definition) is 1. The minimum absolute atomic E-state index is 0.00339. The number of aromatic nitrogens is 3. The molecule has 1 aliphatic rings. The quantitative estimate of drug-likeness (QED) is 0.681. The lowest BCUT2D eigenvalue weighted by molar-refractivity contribution is -0.121. The highest BCUT2D eigenvalue weighted by Gasteiger charge is 2.51. The molecule has 0 amide bonds. The van der Waals surface area contributed by atoms with Gasteiger partial charge < -0.3 is 5.32 Å². The number of sulfonamides is 1. The molecular weight excluding hydrogens is 473 g/mol. The van der Waals surface area contributed by atoms with Gasteiger partial charge in [-0.3, -0.25) is 4.79 Å². The number of halogens is 4. The van der Waals surface area contributed by atoms with Gasteiger partial charge in [-0.1, -0.05) is 32.4 Å². The first kappa shape index (κ1) is 24.2. The van der Waals surface area contributed by atoms with Crippen molar-refractivity contribution in [3.05, 3.63) is 22.5 Å². The van der Waals surface area contributed by atoms with E-state index in [4.69, 9.17) is 11.6 Å². The number of ketones is 1. The number of piperidine rings is 1. The number of nitriles is 1. The highest BCUT2D eigenvalue weighted by Crippen LogP contribution is 2.35. The maximum atomic E-state index is 12.7. The first-order valence-electron chi connectivity index (χ1n) is 9.62. The van der Waals surface area contributed by atoms with E-state index < -0.39 is 40.4 Å². The van der Waals surface area contributed by atoms with Crippen LogP contribution in [0, 0.1) is 17.2 Å². The first-order valence-corrected chi connectivity index (χ1v) is 11.4. The first-order chi connectivity index (χ1) is 14.8. The fourth-order valence-electron chi connectivity index (χ4n) is 3.40. The summed E-state index contributed by atoms with van der Waals surface area (Å²) in [5.41, 5.74) is -4.24. The van der Waals surface area contributed by atoms with E-state index in [-0.39, 0.29) is 39.1 Å². The SMILES string of the molecule is CC(C)C(C)c1c(C#N)c(Cl)c2cnc(N[C@@H]3CCN(S(=O)(=O)C(F)(F)F)CC3=O)nn12. The minimum atomic E-state index is -5.58. The summed E-state index contributed by atoms with van der Waals surface area (Å²) in [6.07, 6.45) is 1.18. The molecule has 2 aromatic rings. The molecule has 0 bridgehead atoms. The number of nitrogens with one attached hydrogen (secondary N) is 1. The molecule has 9 nitrogen and oxygen atoms in total. The molecule has 2 aromatic heterocycles. The van der Waals surface area contributed by atoms with Gasteiger partial charge in [0.05, 0.1) is 35.1 Å². The molecule has 0 aliphatic carbocycles. The lowest BCUT2D eigenvalue weighted by Gasteiger charge is -2.30. The lowest BCUT2D eigenvalue weighted by atomic mass is 9.93. The average molecular weight is 493 g/mol. The van der Waals surface area contributed by atoms with Gasteiger partial charge >= 0.3 is 15.5 Å². The van der Waals surface area contributed by atoms with Crippen molar-refractivity contribution in [1.29, 1.82) is 5.26 Å². The Balaban J connectivity index is 1.89. The second kappa shape index (κ2) is 8.49. The molecular formula is C18H20ClF3N6O3S. The van der Waals surface area contributed by atoms with Crippen molar-refractivity contribution in [2.24, 2.45) is 5.92 Å². The molecule has 0 radical (unpaired) electrons. The predicted octanol–water partition coefficient (Wildman–Crippen LogP) is 2.92. The Morgan fingerprint density at radius 3 is 2.53 bits per heavy atom. The number of nitrogens with zero attached hydrogens (tertiary/aromatic N) is 5. The normalized spacial score (nSPS) is 19.3. The Morgan fingerprint density at radius 1 is 1.34 bits per heavy atom. The smallest absolute Gasteiger partial charge is 0.343 e. The van der Waals surface area contributed by atoms with E-state index in [1.54, 1.807) is 0 Å². The molecule has 0 spiro atoms. The van der Waals surface area contributed by atoms with Crippen LogP contribution in [0.25, 0.3) is 5.52 Å². The summed E-state index contributed by atoms with van der Waals surface area (Å²) in [5, 5.41) is 16.8. The molecule has 3 heterocycles. The number of anilines is 1. The largest absolute Gasteiger partial charge is 0.511 e. The zero-order chi connectivity index (χ0) is 24.0. The average Bonchev–Trinajstić information content (AvgIpc) is 2.98. The summed E-state index contributed by atoms with van der Waals surface area (Å²) in [7, 11) is -5.58. The van der Waals surface area contributed by atoms with E-state index >= 15 is 0 Å². The summed E-state index contributed by atoms with van der Waals surface area (Å²) in [6.45, 7) is 4.46. The van der Waals surface area contributed by atoms with Crippen LogP contribution in [0.2, 0.25) is 5.02 Å². The number of alkyl halides is 3. The molecule has 1 fully saturated rings. The van der Waals surface area contributed by atoms with Crippen LogP contribution in [-0.2, 0) is 14.8 Å². The zero-order valence-electron chi connectivity index (χ0n) is 17.3. The maximum absolute atomic E-state index is 12.7. The molecule has 3 rings (SSSR count). The lowest BCUT2D eigenvalue weighted by Crippen LogP contribution is -2.52. The van der Waals surface area contributed by atoms with Crippen LogP contribution >= 0.6 is 11.6 Å². The second-order valence-corrected chi connectivity index (χ2v) is 10.1. The molecule has 0 aromatic carbocycles. The third-order valence-electron chi connectivity index (χ3n) is 5.53. The zero-order valence-corrected chi connectivity index (χ0v) is 18.9. The number of hydrogen-bond acceptors (Lipinski definition) is 7. The van der Waals surface area contributed by atoms with Gasteiger partial charge in [-0.15, -0.1) is 5.10 Å². The van der Waals surface area contributed by atoms with Crippen molar-refractivity contribution in [2.45, 2.75) is 44.7 Å². The molecule has 1 N–H and O–H groups in total. The molecule has 32 heavy (non-hydrogen) atoms. The predicted molar refractivity (Wildman–Crippen MR) is 110 cm³/mol. The van der Waals surface area contributed by atoms with E-state index in [0.29, 0.717) is 11.2 Å². The van der Waals surface area contributed by atoms with Crippen molar-refractivity contribution >= 4 is 38.9 Å². The summed E-state index contributed by atoms with van der Waals surface area (Å²) in [6, 6.07) is 1.11. The maximum Gasteiger partial charge on any atom is 0.511 e. The van der Waals surface area contributed by atoms with Crippen molar-refractivity contribution in [3.63, 3.8) is 0 Å². The molecule has 1 saturated heterocycles. The Labute approximate surface area is 187 Å². The Bertz CT molecular complexity index is 1210. The standard InChI is InChI=1S/C18H20ClF3N6O3S/c1-9(2)10(3)16-11(6-23)15(19)13-7-24-17(26-28(13)16)25-12-4-5-27(8-14(12)29)32(30,31)18(20,21)22/h7,9-10,12H,4-5,8H2,1-3H3,(H,25,26)/t10?,12-/m1/s1. The van der Waals surface area contributed by atoms with Gasteiger partial charge in [0.25, 0.3) is 0 Å². The topological polar surface area (TPSA) is 120 Å². The second-order valence-electron chi connectivity index (χ2n) is 7.83. The van der Waals surface area contributed by atoms with Gasteiger partial charge in [-0.05, 0) is 12.3 Å². The van der Waals surface area contributed by atoms with E-state index in [1.165, 1.54) is 10.7 Å². The number of Topliss-reactive ketones (excluding diaryl/α,β-unsaturated/α-hetero) is 1. The van der Waals surface area contributed by atoms with Crippen molar-refractivity contribution in [1.82, 2.24) is 18.9 Å². The van der Waals surface area contributed by atoms with Crippen LogP contribution in [0.15, 0.2) is 6.20 Å². The van der Waals surface area contributed by atoms with Gasteiger partial charge in [0.1, 0.15) is 11.6 Å². The van der Waals surface area contributed by atoms with Crippen molar-refractivity contribution in [2.75, 3.05) is 18.4 Å². The van der Waals surface area contributed by atoms with Crippen LogP contribution in [0.4, 0.5) is 19.1 Å². The summed E-state index contributed by atoms with van der Waals surface area (Å²) < 4.78 is 62.9. The van der Waals surface area contributed by atoms with Crippen molar-refractivity contribution in [3.8, 4) is 6.07 Å². The molecule has 174 valence electrons. The third-order valence-corrected chi connectivity index (χ3v) is 7.49. The molecule has 2 atom stereocenters. The van der Waals surface area contributed by atoms with Crippen LogP contribution < -0.4 is 5.32 Å². The number of carbonyl (C=O) groups is 1. The van der Waals surface area contributed by atoms with Gasteiger partial charge in [-0.25, -0.2) is 17.9 Å². The van der Waals surface area contributed by atoms with Crippen LogP contribution in [0.1, 0.15) is 44.4 Å². The highest BCUT2D eigenvalue weighted by atomic mass is 35.5.